The molecule has 0 fully saturated rings. The number of benzene rings is 1. The van der Waals surface area contributed by atoms with Crippen LogP contribution in [0.15, 0.2) is 28.7 Å². The molecule has 2 aromatic rings. The SMILES string of the molecule is CCCc1nnsc1C(Cc1ccc(Br)cc1)NN. The van der Waals surface area contributed by atoms with E-state index in [1.807, 2.05) is 12.1 Å². The van der Waals surface area contributed by atoms with Crippen LogP contribution in [0.3, 0.4) is 0 Å². The van der Waals surface area contributed by atoms with Crippen molar-refractivity contribution in [2.24, 2.45) is 5.84 Å². The van der Waals surface area contributed by atoms with Gasteiger partial charge in [0.05, 0.1) is 16.6 Å². The van der Waals surface area contributed by atoms with Gasteiger partial charge in [-0.25, -0.2) is 0 Å². The molecule has 1 atom stereocenters. The van der Waals surface area contributed by atoms with Gasteiger partial charge in [0.15, 0.2) is 0 Å². The summed E-state index contributed by atoms with van der Waals surface area (Å²) in [5.41, 5.74) is 5.19. The number of hydrogen-bond donors (Lipinski definition) is 2. The Labute approximate surface area is 125 Å². The number of nitrogens with two attached hydrogens (primary N) is 1. The first-order valence-corrected chi connectivity index (χ1v) is 7.83. The van der Waals surface area contributed by atoms with Crippen molar-refractivity contribution >= 4 is 27.5 Å². The van der Waals surface area contributed by atoms with E-state index in [1.165, 1.54) is 17.1 Å². The Balaban J connectivity index is 2.15. The number of aryl methyl sites for hydroxylation is 1. The molecule has 0 radical (unpaired) electrons. The number of hydrazine groups is 1. The zero-order valence-corrected chi connectivity index (χ0v) is 13.2. The van der Waals surface area contributed by atoms with Crippen molar-refractivity contribution in [1.29, 1.82) is 0 Å². The summed E-state index contributed by atoms with van der Waals surface area (Å²) in [5.74, 6) is 5.70. The van der Waals surface area contributed by atoms with Crippen LogP contribution in [-0.4, -0.2) is 9.59 Å². The van der Waals surface area contributed by atoms with E-state index in [4.69, 9.17) is 5.84 Å². The molecule has 4 nitrogen and oxygen atoms in total. The zero-order valence-electron chi connectivity index (χ0n) is 10.8. The topological polar surface area (TPSA) is 63.8 Å². The van der Waals surface area contributed by atoms with Crippen molar-refractivity contribution in [2.45, 2.75) is 32.2 Å². The van der Waals surface area contributed by atoms with E-state index in [0.29, 0.717) is 0 Å². The fraction of sp³-hybridized carbons (Fsp3) is 0.385. The summed E-state index contributed by atoms with van der Waals surface area (Å²) < 4.78 is 5.14. The zero-order chi connectivity index (χ0) is 13.7. The van der Waals surface area contributed by atoms with Crippen molar-refractivity contribution < 1.29 is 0 Å². The van der Waals surface area contributed by atoms with Gasteiger partial charge in [0.25, 0.3) is 0 Å². The fourth-order valence-electron chi connectivity index (χ4n) is 1.97. The van der Waals surface area contributed by atoms with E-state index < -0.39 is 0 Å². The van der Waals surface area contributed by atoms with Crippen molar-refractivity contribution in [3.8, 4) is 0 Å². The second kappa shape index (κ2) is 7.09. The summed E-state index contributed by atoms with van der Waals surface area (Å²) in [4.78, 5) is 1.15. The molecule has 102 valence electrons. The second-order valence-corrected chi connectivity index (χ2v) is 6.09. The smallest absolute Gasteiger partial charge is 0.0804 e. The molecule has 1 heterocycles. The summed E-state index contributed by atoms with van der Waals surface area (Å²) in [6.07, 6.45) is 2.85. The maximum absolute atomic E-state index is 5.70. The van der Waals surface area contributed by atoms with Gasteiger partial charge in [0, 0.05) is 4.47 Å². The molecule has 19 heavy (non-hydrogen) atoms. The van der Waals surface area contributed by atoms with E-state index in [1.54, 1.807) is 0 Å². The third-order valence-corrected chi connectivity index (χ3v) is 4.35. The average Bonchev–Trinajstić information content (AvgIpc) is 2.87. The van der Waals surface area contributed by atoms with Gasteiger partial charge in [-0.05, 0) is 42.1 Å². The highest BCUT2D eigenvalue weighted by atomic mass is 79.9. The summed E-state index contributed by atoms with van der Waals surface area (Å²) in [7, 11) is 0. The molecular weight excluding hydrogens is 324 g/mol. The maximum Gasteiger partial charge on any atom is 0.0804 e. The molecule has 2 rings (SSSR count). The molecule has 0 saturated heterocycles. The predicted molar refractivity (Wildman–Crippen MR) is 81.8 cm³/mol. The lowest BCUT2D eigenvalue weighted by Gasteiger charge is -2.15. The van der Waals surface area contributed by atoms with E-state index in [9.17, 15) is 0 Å². The van der Waals surface area contributed by atoms with Crippen LogP contribution >= 0.6 is 27.5 Å². The lowest BCUT2D eigenvalue weighted by atomic mass is 10.0. The highest BCUT2D eigenvalue weighted by Crippen LogP contribution is 2.25. The minimum Gasteiger partial charge on any atom is -0.271 e. The first-order chi connectivity index (χ1) is 9.24. The summed E-state index contributed by atoms with van der Waals surface area (Å²) >= 11 is 4.87. The van der Waals surface area contributed by atoms with Gasteiger partial charge in [-0.3, -0.25) is 11.3 Å². The number of rotatable bonds is 6. The molecule has 6 heteroatoms. The molecule has 3 N–H and O–H groups in total. The third kappa shape index (κ3) is 3.82. The van der Waals surface area contributed by atoms with Crippen LogP contribution in [0.25, 0.3) is 0 Å². The Bertz CT molecular complexity index is 512. The van der Waals surface area contributed by atoms with Gasteiger partial charge < -0.3 is 0 Å². The van der Waals surface area contributed by atoms with Gasteiger partial charge in [-0.2, -0.15) is 0 Å². The van der Waals surface area contributed by atoms with Crippen molar-refractivity contribution in [3.05, 3.63) is 44.9 Å². The van der Waals surface area contributed by atoms with Gasteiger partial charge in [0.1, 0.15) is 0 Å². The van der Waals surface area contributed by atoms with Crippen LogP contribution in [-0.2, 0) is 12.8 Å². The number of halogens is 1. The van der Waals surface area contributed by atoms with Crippen LogP contribution in [0.1, 0.15) is 35.5 Å². The number of hydrogen-bond acceptors (Lipinski definition) is 5. The predicted octanol–water partition coefficient (Wildman–Crippen LogP) is 3.00. The lowest BCUT2D eigenvalue weighted by Crippen LogP contribution is -2.29. The molecule has 0 aliphatic rings. The molecule has 0 amide bonds. The molecule has 1 unspecified atom stereocenters. The van der Waals surface area contributed by atoms with E-state index in [0.717, 1.165) is 34.3 Å². The highest BCUT2D eigenvalue weighted by Gasteiger charge is 2.18. The largest absolute Gasteiger partial charge is 0.271 e. The standard InChI is InChI=1S/C13H17BrN4S/c1-2-3-11-13(19-18-17-11)12(16-15)8-9-4-6-10(14)7-5-9/h4-7,12,16H,2-3,8,15H2,1H3. The van der Waals surface area contributed by atoms with E-state index >= 15 is 0 Å². The molecule has 1 aromatic heterocycles. The van der Waals surface area contributed by atoms with Gasteiger partial charge in [-0.1, -0.05) is 45.9 Å². The van der Waals surface area contributed by atoms with E-state index in [-0.39, 0.29) is 6.04 Å². The van der Waals surface area contributed by atoms with Crippen LogP contribution in [0.5, 0.6) is 0 Å². The first kappa shape index (κ1) is 14.6. The monoisotopic (exact) mass is 340 g/mol. The third-order valence-electron chi connectivity index (χ3n) is 2.94. The van der Waals surface area contributed by atoms with Crippen LogP contribution in [0, 0.1) is 0 Å². The van der Waals surface area contributed by atoms with E-state index in [2.05, 4.69) is 50.0 Å². The first-order valence-electron chi connectivity index (χ1n) is 6.26. The van der Waals surface area contributed by atoms with Crippen LogP contribution in [0.2, 0.25) is 0 Å². The highest BCUT2D eigenvalue weighted by molar-refractivity contribution is 9.10. The summed E-state index contributed by atoms with van der Waals surface area (Å²) in [5, 5.41) is 4.20. The van der Waals surface area contributed by atoms with Gasteiger partial charge in [0.2, 0.25) is 0 Å². The Kier molecular flexibility index (Phi) is 5.45. The van der Waals surface area contributed by atoms with Crippen molar-refractivity contribution in [2.75, 3.05) is 0 Å². The quantitative estimate of drug-likeness (QED) is 0.626. The van der Waals surface area contributed by atoms with Crippen molar-refractivity contribution in [1.82, 2.24) is 15.0 Å². The molecule has 0 bridgehead atoms. The fourth-order valence-corrected chi connectivity index (χ4v) is 2.99. The molecule has 0 aliphatic carbocycles. The van der Waals surface area contributed by atoms with Gasteiger partial charge >= 0.3 is 0 Å². The Hall–Kier alpha value is -0.820. The maximum atomic E-state index is 5.70. The number of aromatic nitrogens is 2. The van der Waals surface area contributed by atoms with Crippen molar-refractivity contribution in [3.63, 3.8) is 0 Å². The molecule has 0 aliphatic heterocycles. The van der Waals surface area contributed by atoms with Crippen LogP contribution < -0.4 is 11.3 Å². The molecule has 1 aromatic carbocycles. The summed E-state index contributed by atoms with van der Waals surface area (Å²) in [6.45, 7) is 2.14. The number of nitrogens with one attached hydrogen (secondary N) is 1. The second-order valence-electron chi connectivity index (χ2n) is 4.38. The van der Waals surface area contributed by atoms with Gasteiger partial charge in [-0.15, -0.1) is 5.10 Å². The minimum absolute atomic E-state index is 0.0720. The Morgan fingerprint density at radius 3 is 2.74 bits per heavy atom. The molecular formula is C13H17BrN4S. The van der Waals surface area contributed by atoms with Crippen LogP contribution in [0.4, 0.5) is 0 Å². The minimum atomic E-state index is 0.0720. The molecule has 0 saturated carbocycles. The molecule has 0 spiro atoms. The summed E-state index contributed by atoms with van der Waals surface area (Å²) in [6, 6.07) is 8.36. The number of nitrogens with zero attached hydrogens (tertiary/aromatic N) is 2. The Morgan fingerprint density at radius 2 is 2.11 bits per heavy atom. The Morgan fingerprint density at radius 1 is 1.37 bits per heavy atom. The average molecular weight is 341 g/mol. The lowest BCUT2D eigenvalue weighted by molar-refractivity contribution is 0.554. The normalized spacial score (nSPS) is 12.6.